The normalized spacial score (nSPS) is 22.2. The van der Waals surface area contributed by atoms with Gasteiger partial charge in [0.05, 0.1) is 11.7 Å². The lowest BCUT2D eigenvalue weighted by Crippen LogP contribution is -2.48. The van der Waals surface area contributed by atoms with Crippen LogP contribution in [0, 0.1) is 13.8 Å². The molecule has 2 rings (SSSR count). The van der Waals surface area contributed by atoms with Crippen LogP contribution in [-0.4, -0.2) is 41.7 Å². The van der Waals surface area contributed by atoms with E-state index in [-0.39, 0.29) is 5.91 Å². The molecular weight excluding hydrogens is 240 g/mol. The third-order valence-electron chi connectivity index (χ3n) is 4.39. The standard InChI is InChI=1S/C15H24N2O2/c1-6-17-10(2)7-14(11(17)3)15(18)16(4)12-8-13(9-12)19-5/h7,12-13H,6,8-9H2,1-5H3. The van der Waals surface area contributed by atoms with Gasteiger partial charge in [-0.2, -0.15) is 0 Å². The van der Waals surface area contributed by atoms with E-state index >= 15 is 0 Å². The molecule has 1 aliphatic rings. The van der Waals surface area contributed by atoms with Crippen LogP contribution in [0.2, 0.25) is 0 Å². The average molecular weight is 264 g/mol. The minimum atomic E-state index is 0.132. The van der Waals surface area contributed by atoms with Gasteiger partial charge in [-0.15, -0.1) is 0 Å². The van der Waals surface area contributed by atoms with E-state index < -0.39 is 0 Å². The molecule has 0 aromatic carbocycles. The highest BCUT2D eigenvalue weighted by Crippen LogP contribution is 2.28. The van der Waals surface area contributed by atoms with Gasteiger partial charge in [0.2, 0.25) is 0 Å². The summed E-state index contributed by atoms with van der Waals surface area (Å²) in [6, 6.07) is 2.33. The summed E-state index contributed by atoms with van der Waals surface area (Å²) in [4.78, 5) is 14.4. The highest BCUT2D eigenvalue weighted by atomic mass is 16.5. The number of carbonyl (C=O) groups excluding carboxylic acids is 1. The molecule has 4 heteroatoms. The van der Waals surface area contributed by atoms with E-state index in [0.29, 0.717) is 12.1 Å². The summed E-state index contributed by atoms with van der Waals surface area (Å²) >= 11 is 0. The average Bonchev–Trinajstić information content (AvgIpc) is 2.62. The van der Waals surface area contributed by atoms with Crippen molar-refractivity contribution in [2.75, 3.05) is 14.2 Å². The summed E-state index contributed by atoms with van der Waals surface area (Å²) in [5, 5.41) is 0. The number of hydrogen-bond donors (Lipinski definition) is 0. The lowest BCUT2D eigenvalue weighted by atomic mass is 9.88. The Labute approximate surface area is 115 Å². The van der Waals surface area contributed by atoms with Gasteiger partial charge in [-0.25, -0.2) is 0 Å². The Hall–Kier alpha value is -1.29. The summed E-state index contributed by atoms with van der Waals surface area (Å²) < 4.78 is 7.45. The van der Waals surface area contributed by atoms with Crippen molar-refractivity contribution in [3.8, 4) is 0 Å². The fourth-order valence-corrected chi connectivity index (χ4v) is 2.91. The van der Waals surface area contributed by atoms with Crippen LogP contribution in [0.5, 0.6) is 0 Å². The summed E-state index contributed by atoms with van der Waals surface area (Å²) in [6.07, 6.45) is 2.22. The quantitative estimate of drug-likeness (QED) is 0.836. The fraction of sp³-hybridized carbons (Fsp3) is 0.667. The molecular formula is C15H24N2O2. The van der Waals surface area contributed by atoms with Gasteiger partial charge in [0.1, 0.15) is 0 Å². The van der Waals surface area contributed by atoms with E-state index in [1.807, 2.05) is 24.9 Å². The van der Waals surface area contributed by atoms with Crippen molar-refractivity contribution in [1.82, 2.24) is 9.47 Å². The number of aryl methyl sites for hydroxylation is 1. The first-order valence-corrected chi connectivity index (χ1v) is 6.96. The van der Waals surface area contributed by atoms with E-state index in [0.717, 1.165) is 36.3 Å². The van der Waals surface area contributed by atoms with Crippen LogP contribution >= 0.6 is 0 Å². The third-order valence-corrected chi connectivity index (χ3v) is 4.39. The van der Waals surface area contributed by atoms with Crippen molar-refractivity contribution in [1.29, 1.82) is 0 Å². The maximum absolute atomic E-state index is 12.5. The number of methoxy groups -OCH3 is 1. The Morgan fingerprint density at radius 1 is 1.47 bits per heavy atom. The van der Waals surface area contributed by atoms with Crippen LogP contribution in [0.15, 0.2) is 6.07 Å². The molecule has 0 spiro atoms. The van der Waals surface area contributed by atoms with Crippen LogP contribution in [-0.2, 0) is 11.3 Å². The highest BCUT2D eigenvalue weighted by Gasteiger charge is 2.35. The lowest BCUT2D eigenvalue weighted by Gasteiger charge is -2.40. The maximum Gasteiger partial charge on any atom is 0.255 e. The summed E-state index contributed by atoms with van der Waals surface area (Å²) in [6.45, 7) is 7.09. The number of hydrogen-bond acceptors (Lipinski definition) is 2. The van der Waals surface area contributed by atoms with Crippen molar-refractivity contribution >= 4 is 5.91 Å². The Morgan fingerprint density at radius 3 is 2.58 bits per heavy atom. The largest absolute Gasteiger partial charge is 0.381 e. The number of rotatable bonds is 4. The zero-order valence-electron chi connectivity index (χ0n) is 12.6. The first kappa shape index (κ1) is 14.1. The molecule has 1 aromatic rings. The van der Waals surface area contributed by atoms with E-state index in [1.54, 1.807) is 7.11 Å². The van der Waals surface area contributed by atoms with E-state index in [1.165, 1.54) is 0 Å². The first-order valence-electron chi connectivity index (χ1n) is 6.96. The molecule has 0 atom stereocenters. The van der Waals surface area contributed by atoms with Gasteiger partial charge in [0, 0.05) is 38.1 Å². The van der Waals surface area contributed by atoms with Gasteiger partial charge in [-0.1, -0.05) is 0 Å². The van der Waals surface area contributed by atoms with Gasteiger partial charge in [-0.3, -0.25) is 4.79 Å². The second-order valence-corrected chi connectivity index (χ2v) is 5.43. The predicted molar refractivity (Wildman–Crippen MR) is 75.5 cm³/mol. The maximum atomic E-state index is 12.5. The SMILES string of the molecule is CCn1c(C)cc(C(=O)N(C)C2CC(OC)C2)c1C. The lowest BCUT2D eigenvalue weighted by molar-refractivity contribution is -0.0145. The van der Waals surface area contributed by atoms with Crippen LogP contribution in [0.1, 0.15) is 41.5 Å². The summed E-state index contributed by atoms with van der Waals surface area (Å²) in [5.41, 5.74) is 3.06. The van der Waals surface area contributed by atoms with Crippen LogP contribution in [0.4, 0.5) is 0 Å². The molecule has 1 heterocycles. The summed E-state index contributed by atoms with van der Waals surface area (Å²) in [5.74, 6) is 0.132. The van der Waals surface area contributed by atoms with E-state index in [4.69, 9.17) is 4.74 Å². The minimum absolute atomic E-state index is 0.132. The van der Waals surface area contributed by atoms with Gasteiger partial charge in [-0.05, 0) is 39.7 Å². The number of aromatic nitrogens is 1. The van der Waals surface area contributed by atoms with E-state index in [2.05, 4.69) is 18.4 Å². The van der Waals surface area contributed by atoms with Crippen LogP contribution in [0.25, 0.3) is 0 Å². The molecule has 4 nitrogen and oxygen atoms in total. The second kappa shape index (κ2) is 5.37. The van der Waals surface area contributed by atoms with Crippen LogP contribution < -0.4 is 0 Å². The molecule has 0 aliphatic heterocycles. The molecule has 1 aliphatic carbocycles. The molecule has 0 N–H and O–H groups in total. The van der Waals surface area contributed by atoms with Gasteiger partial charge >= 0.3 is 0 Å². The number of carbonyl (C=O) groups is 1. The zero-order chi connectivity index (χ0) is 14.2. The summed E-state index contributed by atoms with van der Waals surface area (Å²) in [7, 11) is 3.63. The number of ether oxygens (including phenoxy) is 1. The van der Waals surface area contributed by atoms with Crippen LogP contribution in [0.3, 0.4) is 0 Å². The molecule has 0 bridgehead atoms. The molecule has 1 amide bonds. The highest BCUT2D eigenvalue weighted by molar-refractivity contribution is 5.95. The molecule has 19 heavy (non-hydrogen) atoms. The van der Waals surface area contributed by atoms with Gasteiger partial charge in [0.25, 0.3) is 5.91 Å². The topological polar surface area (TPSA) is 34.5 Å². The third kappa shape index (κ3) is 2.41. The number of nitrogens with zero attached hydrogens (tertiary/aromatic N) is 2. The van der Waals surface area contributed by atoms with Gasteiger partial charge in [0.15, 0.2) is 0 Å². The smallest absolute Gasteiger partial charge is 0.255 e. The molecule has 1 aromatic heterocycles. The Balaban J connectivity index is 2.12. The predicted octanol–water partition coefficient (Wildman–Crippen LogP) is 2.37. The molecule has 0 unspecified atom stereocenters. The molecule has 106 valence electrons. The second-order valence-electron chi connectivity index (χ2n) is 5.43. The Kier molecular flexibility index (Phi) is 3.99. The first-order chi connectivity index (χ1) is 8.99. The van der Waals surface area contributed by atoms with Crippen molar-refractivity contribution in [2.24, 2.45) is 0 Å². The molecule has 0 saturated heterocycles. The minimum Gasteiger partial charge on any atom is -0.381 e. The Morgan fingerprint density at radius 2 is 2.11 bits per heavy atom. The van der Waals surface area contributed by atoms with E-state index in [9.17, 15) is 4.79 Å². The number of amides is 1. The van der Waals surface area contributed by atoms with Gasteiger partial charge < -0.3 is 14.2 Å². The zero-order valence-corrected chi connectivity index (χ0v) is 12.6. The Bertz CT molecular complexity index is 473. The molecule has 1 saturated carbocycles. The van der Waals surface area contributed by atoms with Crippen molar-refractivity contribution in [2.45, 2.75) is 52.3 Å². The molecule has 1 fully saturated rings. The van der Waals surface area contributed by atoms with Crippen molar-refractivity contribution < 1.29 is 9.53 Å². The monoisotopic (exact) mass is 264 g/mol. The van der Waals surface area contributed by atoms with Crippen molar-refractivity contribution in [3.05, 3.63) is 23.0 Å². The molecule has 0 radical (unpaired) electrons. The van der Waals surface area contributed by atoms with Crippen molar-refractivity contribution in [3.63, 3.8) is 0 Å². The fourth-order valence-electron chi connectivity index (χ4n) is 2.91.